The van der Waals surface area contributed by atoms with Gasteiger partial charge in [0.05, 0.1) is 28.5 Å². The Morgan fingerprint density at radius 3 is 2.80 bits per heavy atom. The van der Waals surface area contributed by atoms with Crippen LogP contribution >= 0.6 is 43.2 Å². The van der Waals surface area contributed by atoms with Gasteiger partial charge in [0, 0.05) is 10.5 Å². The van der Waals surface area contributed by atoms with E-state index >= 15 is 0 Å². The number of hydrogen-bond donors (Lipinski definition) is 0. The zero-order chi connectivity index (χ0) is 21.4. The third-order valence-electron chi connectivity index (χ3n) is 4.55. The molecule has 0 fully saturated rings. The van der Waals surface area contributed by atoms with E-state index in [9.17, 15) is 9.59 Å². The fourth-order valence-electron chi connectivity index (χ4n) is 3.32. The molecule has 2 aromatic heterocycles. The first kappa shape index (κ1) is 21.0. The quantitative estimate of drug-likeness (QED) is 0.461. The highest BCUT2D eigenvalue weighted by Gasteiger charge is 2.33. The third kappa shape index (κ3) is 3.89. The van der Waals surface area contributed by atoms with Gasteiger partial charge in [0.15, 0.2) is 9.47 Å². The van der Waals surface area contributed by atoms with Gasteiger partial charge in [-0.3, -0.25) is 9.36 Å². The van der Waals surface area contributed by atoms with Crippen LogP contribution in [0.4, 0.5) is 0 Å². The SMILES string of the molecule is CCOC(=O)C1=C(C)N=c2s/c(=C\c3ccc(Br)o3)c(=O)n2[C@H]1c1cccc(Br)c1. The molecule has 3 heterocycles. The van der Waals surface area contributed by atoms with Gasteiger partial charge >= 0.3 is 5.97 Å². The van der Waals surface area contributed by atoms with Crippen LogP contribution in [-0.2, 0) is 9.53 Å². The summed E-state index contributed by atoms with van der Waals surface area (Å²) in [6, 6.07) is 10.4. The molecular formula is C21H16Br2N2O4S. The van der Waals surface area contributed by atoms with Gasteiger partial charge < -0.3 is 9.15 Å². The summed E-state index contributed by atoms with van der Waals surface area (Å²) in [6.07, 6.45) is 1.68. The minimum Gasteiger partial charge on any atom is -0.463 e. The Kier molecular flexibility index (Phi) is 5.95. The number of allylic oxidation sites excluding steroid dienone is 1. The molecule has 1 atom stereocenters. The lowest BCUT2D eigenvalue weighted by atomic mass is 9.96. The Balaban J connectivity index is 1.97. The van der Waals surface area contributed by atoms with Crippen molar-refractivity contribution in [1.29, 1.82) is 0 Å². The molecule has 0 saturated carbocycles. The lowest BCUT2D eigenvalue weighted by Crippen LogP contribution is -2.39. The highest BCUT2D eigenvalue weighted by Crippen LogP contribution is 2.31. The molecule has 0 spiro atoms. The van der Waals surface area contributed by atoms with Crippen LogP contribution in [0.3, 0.4) is 0 Å². The lowest BCUT2D eigenvalue weighted by molar-refractivity contribution is -0.139. The molecule has 9 heteroatoms. The molecule has 4 rings (SSSR count). The Hall–Kier alpha value is -2.23. The van der Waals surface area contributed by atoms with Gasteiger partial charge in [-0.05, 0) is 59.6 Å². The van der Waals surface area contributed by atoms with Gasteiger partial charge in [0.25, 0.3) is 5.56 Å². The number of benzene rings is 1. The number of nitrogens with zero attached hydrogens (tertiary/aromatic N) is 2. The number of ether oxygens (including phenoxy) is 1. The minimum absolute atomic E-state index is 0.235. The third-order valence-corrected chi connectivity index (χ3v) is 6.45. The summed E-state index contributed by atoms with van der Waals surface area (Å²) < 4.78 is 14.2. The van der Waals surface area contributed by atoms with Crippen LogP contribution in [0, 0.1) is 0 Å². The number of halogens is 2. The van der Waals surface area contributed by atoms with Crippen molar-refractivity contribution in [3.8, 4) is 0 Å². The predicted molar refractivity (Wildman–Crippen MR) is 121 cm³/mol. The van der Waals surface area contributed by atoms with Crippen LogP contribution in [0.25, 0.3) is 6.08 Å². The molecule has 3 aromatic rings. The molecule has 0 amide bonds. The Labute approximate surface area is 192 Å². The predicted octanol–water partition coefficient (Wildman–Crippen LogP) is 3.92. The smallest absolute Gasteiger partial charge is 0.338 e. The maximum absolute atomic E-state index is 13.4. The summed E-state index contributed by atoms with van der Waals surface area (Å²) in [5.74, 6) is 0.0699. The number of rotatable bonds is 4. The van der Waals surface area contributed by atoms with E-state index in [-0.39, 0.29) is 12.2 Å². The molecular weight excluding hydrogens is 536 g/mol. The molecule has 0 aliphatic carbocycles. The Morgan fingerprint density at radius 2 is 2.13 bits per heavy atom. The van der Waals surface area contributed by atoms with Crippen LogP contribution in [-0.4, -0.2) is 17.1 Å². The maximum atomic E-state index is 13.4. The average Bonchev–Trinajstić information content (AvgIpc) is 3.24. The molecule has 1 aliphatic rings. The zero-order valence-corrected chi connectivity index (χ0v) is 20.0. The van der Waals surface area contributed by atoms with Gasteiger partial charge in [-0.15, -0.1) is 0 Å². The number of hydrogen-bond acceptors (Lipinski definition) is 6. The normalized spacial score (nSPS) is 16.4. The van der Waals surface area contributed by atoms with Gasteiger partial charge in [-0.2, -0.15) is 0 Å². The molecule has 0 radical (unpaired) electrons. The van der Waals surface area contributed by atoms with Crippen LogP contribution < -0.4 is 14.9 Å². The highest BCUT2D eigenvalue weighted by atomic mass is 79.9. The minimum atomic E-state index is -0.636. The fraction of sp³-hybridized carbons (Fsp3) is 0.190. The molecule has 1 aromatic carbocycles. The average molecular weight is 552 g/mol. The van der Waals surface area contributed by atoms with E-state index in [1.807, 2.05) is 24.3 Å². The van der Waals surface area contributed by atoms with Crippen molar-refractivity contribution in [2.24, 2.45) is 4.99 Å². The van der Waals surface area contributed by atoms with Gasteiger partial charge in [-0.25, -0.2) is 9.79 Å². The van der Waals surface area contributed by atoms with E-state index in [0.717, 1.165) is 10.0 Å². The van der Waals surface area contributed by atoms with Gasteiger partial charge in [-0.1, -0.05) is 39.4 Å². The number of thiazole rings is 1. The van der Waals surface area contributed by atoms with Crippen LogP contribution in [0.2, 0.25) is 0 Å². The molecule has 0 bridgehead atoms. The van der Waals surface area contributed by atoms with Crippen molar-refractivity contribution in [1.82, 2.24) is 4.57 Å². The van der Waals surface area contributed by atoms with Crippen molar-refractivity contribution in [2.45, 2.75) is 19.9 Å². The number of fused-ring (bicyclic) bond motifs is 1. The van der Waals surface area contributed by atoms with E-state index in [4.69, 9.17) is 9.15 Å². The van der Waals surface area contributed by atoms with Crippen molar-refractivity contribution in [3.05, 3.63) is 87.8 Å². The Morgan fingerprint density at radius 1 is 1.33 bits per heavy atom. The topological polar surface area (TPSA) is 73.8 Å². The van der Waals surface area contributed by atoms with Crippen LogP contribution in [0.1, 0.15) is 31.2 Å². The van der Waals surface area contributed by atoms with E-state index in [0.29, 0.717) is 31.0 Å². The fourth-order valence-corrected chi connectivity index (χ4v) is 5.08. The summed E-state index contributed by atoms with van der Waals surface area (Å²) in [6.45, 7) is 3.75. The lowest BCUT2D eigenvalue weighted by Gasteiger charge is -2.24. The largest absolute Gasteiger partial charge is 0.463 e. The first-order valence-corrected chi connectivity index (χ1v) is 11.5. The Bertz CT molecular complexity index is 1350. The molecule has 1 aliphatic heterocycles. The van der Waals surface area contributed by atoms with Gasteiger partial charge in [0.2, 0.25) is 0 Å². The van der Waals surface area contributed by atoms with E-state index in [1.165, 1.54) is 11.3 Å². The highest BCUT2D eigenvalue weighted by molar-refractivity contribution is 9.10. The summed E-state index contributed by atoms with van der Waals surface area (Å²) in [5, 5.41) is 0. The summed E-state index contributed by atoms with van der Waals surface area (Å²) in [7, 11) is 0. The molecule has 0 saturated heterocycles. The molecule has 0 N–H and O–H groups in total. The number of carbonyl (C=O) groups is 1. The molecule has 154 valence electrons. The van der Waals surface area contributed by atoms with Crippen LogP contribution in [0.5, 0.6) is 0 Å². The number of furan rings is 1. The zero-order valence-electron chi connectivity index (χ0n) is 16.0. The first-order valence-electron chi connectivity index (χ1n) is 9.09. The van der Waals surface area contributed by atoms with E-state index in [2.05, 4.69) is 36.9 Å². The monoisotopic (exact) mass is 550 g/mol. The van der Waals surface area contributed by atoms with Crippen LogP contribution in [0.15, 0.2) is 71.0 Å². The van der Waals surface area contributed by atoms with Crippen molar-refractivity contribution >= 4 is 55.2 Å². The summed E-state index contributed by atoms with van der Waals surface area (Å²) in [5.41, 5.74) is 1.43. The second-order valence-corrected chi connectivity index (χ2v) is 9.21. The van der Waals surface area contributed by atoms with E-state index in [1.54, 1.807) is 36.6 Å². The number of esters is 1. The molecule has 6 nitrogen and oxygen atoms in total. The summed E-state index contributed by atoms with van der Waals surface area (Å²) in [4.78, 5) is 31.2. The summed E-state index contributed by atoms with van der Waals surface area (Å²) >= 11 is 8.00. The number of aromatic nitrogens is 1. The second-order valence-electron chi connectivity index (χ2n) is 6.50. The van der Waals surface area contributed by atoms with Crippen molar-refractivity contribution < 1.29 is 13.9 Å². The standard InChI is InChI=1S/C21H16Br2N2O4S/c1-3-28-20(27)17-11(2)24-21-25(18(17)12-5-4-6-13(22)9-12)19(26)15(30-21)10-14-7-8-16(23)29-14/h4-10,18H,3H2,1-2H3/b15-10-/t18-/m0/s1. The molecule has 30 heavy (non-hydrogen) atoms. The van der Waals surface area contributed by atoms with E-state index < -0.39 is 12.0 Å². The van der Waals surface area contributed by atoms with Gasteiger partial charge in [0.1, 0.15) is 5.76 Å². The maximum Gasteiger partial charge on any atom is 0.338 e. The molecule has 0 unspecified atom stereocenters. The van der Waals surface area contributed by atoms with Crippen molar-refractivity contribution in [3.63, 3.8) is 0 Å². The number of carbonyl (C=O) groups excluding carboxylic acids is 1. The first-order chi connectivity index (χ1) is 14.4. The second kappa shape index (κ2) is 8.49. The van der Waals surface area contributed by atoms with Crippen molar-refractivity contribution in [2.75, 3.05) is 6.61 Å².